The van der Waals surface area contributed by atoms with Crippen LogP contribution < -0.4 is 5.32 Å². The maximum Gasteiger partial charge on any atom is 0.224 e. The predicted octanol–water partition coefficient (Wildman–Crippen LogP) is 4.51. The van der Waals surface area contributed by atoms with E-state index in [1.807, 2.05) is 62.4 Å². The molecule has 2 aromatic carbocycles. The minimum atomic E-state index is -0.934. The molecule has 5 nitrogen and oxygen atoms in total. The van der Waals surface area contributed by atoms with Crippen LogP contribution in [0.3, 0.4) is 0 Å². The third-order valence-corrected chi connectivity index (χ3v) is 5.38. The summed E-state index contributed by atoms with van der Waals surface area (Å²) in [7, 11) is 0. The molecular weight excluding hydrogens is 358 g/mol. The van der Waals surface area contributed by atoms with Gasteiger partial charge >= 0.3 is 0 Å². The zero-order valence-electron chi connectivity index (χ0n) is 15.2. The third kappa shape index (κ3) is 4.39. The molecule has 1 heterocycles. The predicted molar refractivity (Wildman–Crippen MR) is 107 cm³/mol. The van der Waals surface area contributed by atoms with Crippen molar-refractivity contribution in [3.63, 3.8) is 0 Å². The van der Waals surface area contributed by atoms with E-state index in [2.05, 4.69) is 10.3 Å². The van der Waals surface area contributed by atoms with Gasteiger partial charge in [-0.15, -0.1) is 11.3 Å². The number of ketones is 1. The van der Waals surface area contributed by atoms with E-state index in [-0.39, 0.29) is 24.5 Å². The second-order valence-corrected chi connectivity index (χ2v) is 7.48. The first-order valence-corrected chi connectivity index (χ1v) is 9.44. The van der Waals surface area contributed by atoms with Gasteiger partial charge in [0, 0.05) is 18.5 Å². The number of carbonyl (C=O) groups is 2. The molecule has 3 aromatic rings. The number of nitrogens with zero attached hydrogens (tertiary/aromatic N) is 2. The van der Waals surface area contributed by atoms with Gasteiger partial charge in [-0.25, -0.2) is 4.98 Å². The summed E-state index contributed by atoms with van der Waals surface area (Å²) in [6.07, 6.45) is 0.0418. The number of benzene rings is 2. The first-order chi connectivity index (χ1) is 13.0. The van der Waals surface area contributed by atoms with Crippen LogP contribution in [-0.4, -0.2) is 16.7 Å². The standard InChI is InChI=1S/C21H19N3O2S/c1-13-7-8-14(2)17(11-13)23-20(26)10-9-18(25)15(12-22)21-24-16-5-3-4-6-19(16)27-21/h3-8,11,15H,9-10H2,1-2H3,(H,23,26)/t15-/m0/s1. The molecule has 3 rings (SSSR count). The van der Waals surface area contributed by atoms with Crippen LogP contribution in [0.4, 0.5) is 5.69 Å². The summed E-state index contributed by atoms with van der Waals surface area (Å²) < 4.78 is 0.938. The van der Waals surface area contributed by atoms with Crippen LogP contribution in [0.5, 0.6) is 0 Å². The number of para-hydroxylation sites is 1. The molecular formula is C21H19N3O2S. The number of nitriles is 1. The van der Waals surface area contributed by atoms with E-state index in [0.717, 1.165) is 27.0 Å². The Morgan fingerprint density at radius 3 is 2.70 bits per heavy atom. The second kappa shape index (κ2) is 8.11. The van der Waals surface area contributed by atoms with Crippen LogP contribution in [0, 0.1) is 25.2 Å². The lowest BCUT2D eigenvalue weighted by molar-refractivity contribution is -0.123. The molecule has 0 unspecified atom stereocenters. The van der Waals surface area contributed by atoms with Crippen molar-refractivity contribution in [1.82, 2.24) is 4.98 Å². The molecule has 0 bridgehead atoms. The van der Waals surface area contributed by atoms with Crippen LogP contribution in [-0.2, 0) is 9.59 Å². The van der Waals surface area contributed by atoms with Crippen molar-refractivity contribution in [1.29, 1.82) is 5.26 Å². The Labute approximate surface area is 161 Å². The fourth-order valence-corrected chi connectivity index (χ4v) is 3.78. The maximum atomic E-state index is 12.5. The minimum absolute atomic E-state index is 0.00481. The molecule has 0 aliphatic rings. The van der Waals surface area contributed by atoms with Crippen LogP contribution in [0.1, 0.15) is 34.9 Å². The summed E-state index contributed by atoms with van der Waals surface area (Å²) >= 11 is 1.34. The molecule has 0 radical (unpaired) electrons. The van der Waals surface area contributed by atoms with Gasteiger partial charge in [0.15, 0.2) is 11.7 Å². The zero-order chi connectivity index (χ0) is 19.4. The Bertz CT molecular complexity index is 1020. The van der Waals surface area contributed by atoms with E-state index in [0.29, 0.717) is 5.01 Å². The lowest BCUT2D eigenvalue weighted by atomic mass is 10.0. The third-order valence-electron chi connectivity index (χ3n) is 4.27. The average Bonchev–Trinajstić information content (AvgIpc) is 3.07. The Morgan fingerprint density at radius 2 is 1.96 bits per heavy atom. The number of nitrogens with one attached hydrogen (secondary N) is 1. The summed E-state index contributed by atoms with van der Waals surface area (Å²) in [5.74, 6) is -1.46. The van der Waals surface area contributed by atoms with E-state index in [9.17, 15) is 14.9 Å². The lowest BCUT2D eigenvalue weighted by Crippen LogP contribution is -2.17. The summed E-state index contributed by atoms with van der Waals surface area (Å²) in [6, 6.07) is 15.4. The van der Waals surface area contributed by atoms with Crippen molar-refractivity contribution in [3.8, 4) is 6.07 Å². The number of Topliss-reactive ketones (excluding diaryl/α,β-unsaturated/α-hetero) is 1. The number of rotatable bonds is 6. The molecule has 1 atom stereocenters. The molecule has 0 aliphatic heterocycles. The van der Waals surface area contributed by atoms with Crippen molar-refractivity contribution < 1.29 is 9.59 Å². The molecule has 0 saturated heterocycles. The number of hydrogen-bond donors (Lipinski definition) is 1. The number of aryl methyl sites for hydroxylation is 2. The molecule has 1 aromatic heterocycles. The highest BCUT2D eigenvalue weighted by molar-refractivity contribution is 7.18. The smallest absolute Gasteiger partial charge is 0.224 e. The first-order valence-electron chi connectivity index (χ1n) is 8.63. The normalized spacial score (nSPS) is 11.7. The fourth-order valence-electron chi connectivity index (χ4n) is 2.74. The monoisotopic (exact) mass is 377 g/mol. The quantitative estimate of drug-likeness (QED) is 0.685. The van der Waals surface area contributed by atoms with Gasteiger partial charge in [-0.05, 0) is 43.2 Å². The average molecular weight is 377 g/mol. The van der Waals surface area contributed by atoms with E-state index in [1.165, 1.54) is 11.3 Å². The summed E-state index contributed by atoms with van der Waals surface area (Å²) in [5.41, 5.74) is 3.53. The van der Waals surface area contributed by atoms with Crippen molar-refractivity contribution in [2.24, 2.45) is 0 Å². The van der Waals surface area contributed by atoms with Crippen LogP contribution >= 0.6 is 11.3 Å². The van der Waals surface area contributed by atoms with Crippen molar-refractivity contribution >= 4 is 38.9 Å². The molecule has 6 heteroatoms. The molecule has 0 saturated carbocycles. The van der Waals surface area contributed by atoms with Gasteiger partial charge in [-0.1, -0.05) is 24.3 Å². The molecule has 1 N–H and O–H groups in total. The Hall–Kier alpha value is -3.04. The number of hydrogen-bond acceptors (Lipinski definition) is 5. The zero-order valence-corrected chi connectivity index (χ0v) is 16.0. The molecule has 136 valence electrons. The molecule has 0 fully saturated rings. The topological polar surface area (TPSA) is 82.9 Å². The Balaban J connectivity index is 1.64. The number of fused-ring (bicyclic) bond motifs is 1. The van der Waals surface area contributed by atoms with Crippen LogP contribution in [0.25, 0.3) is 10.2 Å². The van der Waals surface area contributed by atoms with Gasteiger partial charge in [-0.2, -0.15) is 5.26 Å². The summed E-state index contributed by atoms with van der Waals surface area (Å²) in [5, 5.41) is 12.8. The highest BCUT2D eigenvalue weighted by atomic mass is 32.1. The molecule has 27 heavy (non-hydrogen) atoms. The Morgan fingerprint density at radius 1 is 1.19 bits per heavy atom. The molecule has 1 amide bonds. The van der Waals surface area contributed by atoms with Gasteiger partial charge < -0.3 is 5.32 Å². The summed E-state index contributed by atoms with van der Waals surface area (Å²) in [6.45, 7) is 3.87. The SMILES string of the molecule is Cc1ccc(C)c(NC(=O)CCC(=O)[C@H](C#N)c2nc3ccccc3s2)c1. The Kier molecular flexibility index (Phi) is 5.63. The van der Waals surface area contributed by atoms with Crippen LogP contribution in [0.15, 0.2) is 42.5 Å². The molecule has 0 aliphatic carbocycles. The van der Waals surface area contributed by atoms with Crippen molar-refractivity contribution in [3.05, 3.63) is 58.6 Å². The van der Waals surface area contributed by atoms with E-state index in [1.54, 1.807) is 0 Å². The fraction of sp³-hybridized carbons (Fsp3) is 0.238. The van der Waals surface area contributed by atoms with Gasteiger partial charge in [0.2, 0.25) is 5.91 Å². The number of aromatic nitrogens is 1. The van der Waals surface area contributed by atoms with E-state index < -0.39 is 5.92 Å². The van der Waals surface area contributed by atoms with E-state index >= 15 is 0 Å². The maximum absolute atomic E-state index is 12.5. The number of thiazole rings is 1. The van der Waals surface area contributed by atoms with Gasteiger partial charge in [0.1, 0.15) is 5.01 Å². The first kappa shape index (κ1) is 18.7. The largest absolute Gasteiger partial charge is 0.326 e. The molecule has 0 spiro atoms. The van der Waals surface area contributed by atoms with Gasteiger partial charge in [0.25, 0.3) is 0 Å². The highest BCUT2D eigenvalue weighted by Gasteiger charge is 2.24. The minimum Gasteiger partial charge on any atom is -0.326 e. The number of carbonyl (C=O) groups excluding carboxylic acids is 2. The van der Waals surface area contributed by atoms with Gasteiger partial charge in [-0.3, -0.25) is 9.59 Å². The number of anilines is 1. The lowest BCUT2D eigenvalue weighted by Gasteiger charge is -2.10. The van der Waals surface area contributed by atoms with Gasteiger partial charge in [0.05, 0.1) is 16.3 Å². The second-order valence-electron chi connectivity index (χ2n) is 6.41. The van der Waals surface area contributed by atoms with Crippen LogP contribution in [0.2, 0.25) is 0 Å². The van der Waals surface area contributed by atoms with Crippen molar-refractivity contribution in [2.75, 3.05) is 5.32 Å². The summed E-state index contributed by atoms with van der Waals surface area (Å²) in [4.78, 5) is 29.1. The highest BCUT2D eigenvalue weighted by Crippen LogP contribution is 2.28. The van der Waals surface area contributed by atoms with E-state index in [4.69, 9.17) is 0 Å². The number of amides is 1. The van der Waals surface area contributed by atoms with Crippen molar-refractivity contribution in [2.45, 2.75) is 32.6 Å².